The van der Waals surface area contributed by atoms with Crippen LogP contribution in [0.5, 0.6) is 0 Å². The van der Waals surface area contributed by atoms with Crippen molar-refractivity contribution >= 4 is 42.2 Å². The van der Waals surface area contributed by atoms with Crippen molar-refractivity contribution in [3.63, 3.8) is 0 Å². The van der Waals surface area contributed by atoms with Crippen molar-refractivity contribution in [1.82, 2.24) is 10.3 Å². The Morgan fingerprint density at radius 2 is 1.94 bits per heavy atom. The van der Waals surface area contributed by atoms with E-state index in [1.165, 1.54) is 0 Å². The average molecular weight is 285 g/mol. The van der Waals surface area contributed by atoms with E-state index in [0.29, 0.717) is 11.1 Å². The molecule has 1 saturated heterocycles. The third-order valence-corrected chi connectivity index (χ3v) is 2.64. The number of halogens is 3. The molecule has 1 aliphatic heterocycles. The molecule has 0 aliphatic carbocycles. The Kier molecular flexibility index (Phi) is 7.85. The van der Waals surface area contributed by atoms with Gasteiger partial charge in [-0.2, -0.15) is 0 Å². The molecule has 0 radical (unpaired) electrons. The van der Waals surface area contributed by atoms with Crippen molar-refractivity contribution in [1.29, 1.82) is 0 Å². The van der Waals surface area contributed by atoms with E-state index in [4.69, 9.17) is 11.6 Å². The number of hydrogen-bond donors (Lipinski definition) is 2. The highest BCUT2D eigenvalue weighted by Crippen LogP contribution is 2.13. The first kappa shape index (κ1) is 15.8. The number of rotatable bonds is 2. The SMILES string of the molecule is Cl.Cl.Clc1ccc(NC2CCNCC2)nc1. The molecule has 0 saturated carbocycles. The van der Waals surface area contributed by atoms with Gasteiger partial charge in [-0.25, -0.2) is 4.98 Å². The van der Waals surface area contributed by atoms with Crippen LogP contribution < -0.4 is 10.6 Å². The summed E-state index contributed by atoms with van der Waals surface area (Å²) < 4.78 is 0. The minimum atomic E-state index is 0. The van der Waals surface area contributed by atoms with E-state index in [0.717, 1.165) is 31.7 Å². The van der Waals surface area contributed by atoms with E-state index in [-0.39, 0.29) is 24.8 Å². The third kappa shape index (κ3) is 4.74. The maximum absolute atomic E-state index is 5.75. The summed E-state index contributed by atoms with van der Waals surface area (Å²) >= 11 is 5.75. The summed E-state index contributed by atoms with van der Waals surface area (Å²) in [5.41, 5.74) is 0. The van der Waals surface area contributed by atoms with Gasteiger partial charge in [0.1, 0.15) is 5.82 Å². The second kappa shape index (κ2) is 7.96. The maximum atomic E-state index is 5.75. The van der Waals surface area contributed by atoms with Gasteiger partial charge in [0.25, 0.3) is 0 Å². The quantitative estimate of drug-likeness (QED) is 0.877. The lowest BCUT2D eigenvalue weighted by Crippen LogP contribution is -2.35. The maximum Gasteiger partial charge on any atom is 0.126 e. The molecule has 16 heavy (non-hydrogen) atoms. The minimum absolute atomic E-state index is 0. The Bertz CT molecular complexity index is 286. The van der Waals surface area contributed by atoms with Crippen molar-refractivity contribution in [3.05, 3.63) is 23.4 Å². The fraction of sp³-hybridized carbons (Fsp3) is 0.500. The summed E-state index contributed by atoms with van der Waals surface area (Å²) in [6.45, 7) is 2.18. The molecule has 2 heterocycles. The van der Waals surface area contributed by atoms with Gasteiger partial charge in [-0.1, -0.05) is 11.6 Å². The van der Waals surface area contributed by atoms with Gasteiger partial charge in [0.2, 0.25) is 0 Å². The molecule has 3 nitrogen and oxygen atoms in total. The third-order valence-electron chi connectivity index (χ3n) is 2.42. The van der Waals surface area contributed by atoms with Crippen molar-refractivity contribution in [2.45, 2.75) is 18.9 Å². The Hall–Kier alpha value is -0.220. The van der Waals surface area contributed by atoms with Crippen LogP contribution >= 0.6 is 36.4 Å². The van der Waals surface area contributed by atoms with Gasteiger partial charge in [-0.15, -0.1) is 24.8 Å². The monoisotopic (exact) mass is 283 g/mol. The van der Waals surface area contributed by atoms with Crippen molar-refractivity contribution < 1.29 is 0 Å². The lowest BCUT2D eigenvalue weighted by atomic mass is 10.1. The number of nitrogens with zero attached hydrogens (tertiary/aromatic N) is 1. The second-order valence-corrected chi connectivity index (χ2v) is 3.97. The number of aromatic nitrogens is 1. The van der Waals surface area contributed by atoms with Gasteiger partial charge in [0.05, 0.1) is 5.02 Å². The Balaban J connectivity index is 0.00000112. The normalized spacial score (nSPS) is 15.8. The van der Waals surface area contributed by atoms with Crippen LogP contribution in [-0.4, -0.2) is 24.1 Å². The topological polar surface area (TPSA) is 37.0 Å². The van der Waals surface area contributed by atoms with Gasteiger partial charge in [0, 0.05) is 12.2 Å². The van der Waals surface area contributed by atoms with Gasteiger partial charge in [-0.05, 0) is 38.1 Å². The molecule has 0 aromatic carbocycles. The van der Waals surface area contributed by atoms with Gasteiger partial charge >= 0.3 is 0 Å². The molecule has 0 bridgehead atoms. The molecule has 2 N–H and O–H groups in total. The Labute approximate surface area is 113 Å². The molecule has 2 rings (SSSR count). The molecule has 1 aromatic rings. The first-order valence-electron chi connectivity index (χ1n) is 4.93. The van der Waals surface area contributed by atoms with Crippen LogP contribution in [-0.2, 0) is 0 Å². The van der Waals surface area contributed by atoms with E-state index in [1.807, 2.05) is 12.1 Å². The van der Waals surface area contributed by atoms with E-state index >= 15 is 0 Å². The molecule has 1 aliphatic rings. The van der Waals surface area contributed by atoms with Crippen LogP contribution in [0.1, 0.15) is 12.8 Å². The molecule has 92 valence electrons. The molecule has 1 aromatic heterocycles. The fourth-order valence-corrected chi connectivity index (χ4v) is 1.75. The summed E-state index contributed by atoms with van der Waals surface area (Å²) in [7, 11) is 0. The van der Waals surface area contributed by atoms with E-state index in [1.54, 1.807) is 6.20 Å². The number of nitrogens with one attached hydrogen (secondary N) is 2. The largest absolute Gasteiger partial charge is 0.367 e. The molecular weight excluding hydrogens is 268 g/mol. The molecule has 0 amide bonds. The minimum Gasteiger partial charge on any atom is -0.367 e. The predicted octanol–water partition coefficient (Wildman–Crippen LogP) is 2.74. The molecule has 6 heteroatoms. The number of pyridine rings is 1. The highest BCUT2D eigenvalue weighted by molar-refractivity contribution is 6.30. The number of hydrogen-bond acceptors (Lipinski definition) is 3. The molecule has 0 spiro atoms. The summed E-state index contributed by atoms with van der Waals surface area (Å²) in [4.78, 5) is 4.21. The van der Waals surface area contributed by atoms with Crippen molar-refractivity contribution in [2.24, 2.45) is 0 Å². The Morgan fingerprint density at radius 3 is 2.50 bits per heavy atom. The van der Waals surface area contributed by atoms with Crippen LogP contribution in [0.4, 0.5) is 5.82 Å². The lowest BCUT2D eigenvalue weighted by Gasteiger charge is -2.24. The summed E-state index contributed by atoms with van der Waals surface area (Å²) in [6.07, 6.45) is 3.99. The lowest BCUT2D eigenvalue weighted by molar-refractivity contribution is 0.478. The fourth-order valence-electron chi connectivity index (χ4n) is 1.64. The second-order valence-electron chi connectivity index (χ2n) is 3.53. The van der Waals surface area contributed by atoms with Crippen LogP contribution in [0, 0.1) is 0 Å². The average Bonchev–Trinajstić information content (AvgIpc) is 2.23. The van der Waals surface area contributed by atoms with E-state index in [2.05, 4.69) is 15.6 Å². The number of piperidine rings is 1. The summed E-state index contributed by atoms with van der Waals surface area (Å²) in [5.74, 6) is 0.918. The van der Waals surface area contributed by atoms with Gasteiger partial charge in [-0.3, -0.25) is 0 Å². The zero-order chi connectivity index (χ0) is 9.80. The van der Waals surface area contributed by atoms with E-state index < -0.39 is 0 Å². The number of anilines is 1. The van der Waals surface area contributed by atoms with Crippen LogP contribution in [0.15, 0.2) is 18.3 Å². The summed E-state index contributed by atoms with van der Waals surface area (Å²) in [5, 5.41) is 7.41. The summed E-state index contributed by atoms with van der Waals surface area (Å²) in [6, 6.07) is 4.33. The molecule has 0 atom stereocenters. The standard InChI is InChI=1S/C10H14ClN3.2ClH/c11-8-1-2-10(13-7-8)14-9-3-5-12-6-4-9;;/h1-2,7,9,12H,3-6H2,(H,13,14);2*1H. The predicted molar refractivity (Wildman–Crippen MR) is 73.3 cm³/mol. The van der Waals surface area contributed by atoms with Crippen molar-refractivity contribution in [2.75, 3.05) is 18.4 Å². The highest BCUT2D eigenvalue weighted by Gasteiger charge is 2.12. The highest BCUT2D eigenvalue weighted by atomic mass is 35.5. The molecule has 0 unspecified atom stereocenters. The van der Waals surface area contributed by atoms with Crippen molar-refractivity contribution in [3.8, 4) is 0 Å². The zero-order valence-corrected chi connectivity index (χ0v) is 11.2. The Morgan fingerprint density at radius 1 is 1.25 bits per heavy atom. The molecule has 1 fully saturated rings. The zero-order valence-electron chi connectivity index (χ0n) is 8.78. The van der Waals surface area contributed by atoms with Gasteiger partial charge < -0.3 is 10.6 Å². The van der Waals surface area contributed by atoms with E-state index in [9.17, 15) is 0 Å². The van der Waals surface area contributed by atoms with Crippen LogP contribution in [0.3, 0.4) is 0 Å². The smallest absolute Gasteiger partial charge is 0.126 e. The first-order chi connectivity index (χ1) is 6.84. The first-order valence-corrected chi connectivity index (χ1v) is 5.31. The molecular formula is C10H16Cl3N3. The van der Waals surface area contributed by atoms with Gasteiger partial charge in [0.15, 0.2) is 0 Å². The van der Waals surface area contributed by atoms with Crippen LogP contribution in [0.2, 0.25) is 5.02 Å². The van der Waals surface area contributed by atoms with Crippen LogP contribution in [0.25, 0.3) is 0 Å².